The molecule has 1 aliphatic heterocycles. The van der Waals surface area contributed by atoms with Crippen molar-refractivity contribution in [1.29, 1.82) is 0 Å². The summed E-state index contributed by atoms with van der Waals surface area (Å²) in [5.41, 5.74) is 2.32. The van der Waals surface area contributed by atoms with Gasteiger partial charge in [0, 0.05) is 24.2 Å². The fourth-order valence-electron chi connectivity index (χ4n) is 5.88. The Kier molecular flexibility index (Phi) is 11.1. The van der Waals surface area contributed by atoms with Gasteiger partial charge in [-0.3, -0.25) is 9.59 Å². The fraction of sp³-hybridized carbons (Fsp3) is 0.256. The van der Waals surface area contributed by atoms with E-state index in [-0.39, 0.29) is 75.6 Å². The van der Waals surface area contributed by atoms with Crippen LogP contribution in [0.1, 0.15) is 32.1 Å². The predicted molar refractivity (Wildman–Crippen MR) is 189 cm³/mol. The number of phenols is 2. The Labute approximate surface area is 289 Å². The van der Waals surface area contributed by atoms with E-state index in [0.29, 0.717) is 35.5 Å². The van der Waals surface area contributed by atoms with E-state index in [1.54, 1.807) is 18.2 Å². The van der Waals surface area contributed by atoms with Crippen LogP contribution in [-0.2, 0) is 22.3 Å². The quantitative estimate of drug-likeness (QED) is 0.164. The minimum atomic E-state index is -0.434. The Bertz CT molecular complexity index is 1890. The van der Waals surface area contributed by atoms with E-state index in [4.69, 9.17) is 18.9 Å². The molecule has 2 amide bonds. The number of carbonyl (C=O) groups is 2. The van der Waals surface area contributed by atoms with Gasteiger partial charge in [-0.05, 0) is 58.7 Å². The summed E-state index contributed by atoms with van der Waals surface area (Å²) >= 11 is 0. The van der Waals surface area contributed by atoms with Crippen molar-refractivity contribution in [3.8, 4) is 23.0 Å². The van der Waals surface area contributed by atoms with E-state index in [1.165, 1.54) is 12.1 Å². The van der Waals surface area contributed by atoms with Crippen molar-refractivity contribution in [2.75, 3.05) is 52.7 Å². The highest BCUT2D eigenvalue weighted by Gasteiger charge is 2.19. The summed E-state index contributed by atoms with van der Waals surface area (Å²) in [6, 6.07) is 23.7. The first-order valence-corrected chi connectivity index (χ1v) is 16.5. The third-order valence-electron chi connectivity index (χ3n) is 8.29. The average Bonchev–Trinajstić information content (AvgIpc) is 3.13. The lowest BCUT2D eigenvalue weighted by Gasteiger charge is -2.18. The van der Waals surface area contributed by atoms with Gasteiger partial charge in [0.1, 0.15) is 24.6 Å². The van der Waals surface area contributed by atoms with Crippen molar-refractivity contribution in [2.24, 2.45) is 0 Å². The van der Waals surface area contributed by atoms with Crippen LogP contribution in [0.25, 0.3) is 21.5 Å². The number of ether oxygens (including phenoxy) is 4. The van der Waals surface area contributed by atoms with E-state index in [9.17, 15) is 19.8 Å². The van der Waals surface area contributed by atoms with Gasteiger partial charge in [0.2, 0.25) is 0 Å². The summed E-state index contributed by atoms with van der Waals surface area (Å²) in [5.74, 6) is -0.207. The van der Waals surface area contributed by atoms with Crippen molar-refractivity contribution in [1.82, 2.24) is 15.6 Å². The van der Waals surface area contributed by atoms with Gasteiger partial charge in [-0.15, -0.1) is 0 Å². The number of hydrogen-bond acceptors (Lipinski definition) is 9. The molecule has 0 saturated carbocycles. The van der Waals surface area contributed by atoms with Gasteiger partial charge in [-0.25, -0.2) is 4.98 Å². The van der Waals surface area contributed by atoms with Crippen LogP contribution >= 0.6 is 0 Å². The number of aromatic nitrogens is 1. The minimum Gasteiger partial charge on any atom is -0.504 e. The van der Waals surface area contributed by atoms with Crippen LogP contribution in [0, 0.1) is 0 Å². The molecule has 11 heteroatoms. The normalized spacial score (nSPS) is 16.0. The molecule has 2 heterocycles. The maximum absolute atomic E-state index is 12.6. The number of amides is 2. The van der Waals surface area contributed by atoms with Gasteiger partial charge in [0.25, 0.3) is 11.8 Å². The second-order valence-corrected chi connectivity index (χ2v) is 11.8. The number of nitrogens with one attached hydrogen (secondary N) is 2. The second-order valence-electron chi connectivity index (χ2n) is 11.8. The number of carbonyl (C=O) groups excluding carboxylic acids is 2. The second kappa shape index (κ2) is 16.2. The molecule has 0 atom stereocenters. The molecule has 5 aromatic rings. The average molecular weight is 678 g/mol. The van der Waals surface area contributed by atoms with Crippen molar-refractivity contribution in [2.45, 2.75) is 12.8 Å². The maximum Gasteiger partial charge on any atom is 0.269 e. The molecule has 50 heavy (non-hydrogen) atoms. The lowest BCUT2D eigenvalue weighted by molar-refractivity contribution is 0.0855. The van der Waals surface area contributed by atoms with Crippen LogP contribution in [0.3, 0.4) is 0 Å². The molecule has 4 N–H and O–H groups in total. The maximum atomic E-state index is 12.6. The Morgan fingerprint density at radius 3 is 1.54 bits per heavy atom. The molecule has 11 nitrogen and oxygen atoms in total. The first kappa shape index (κ1) is 34.2. The van der Waals surface area contributed by atoms with Crippen LogP contribution in [0.5, 0.6) is 23.0 Å². The molecular weight excluding hydrogens is 638 g/mol. The number of rotatable bonds is 0. The summed E-state index contributed by atoms with van der Waals surface area (Å²) < 4.78 is 23.2. The molecule has 0 saturated heterocycles. The Balaban J connectivity index is 1.24. The van der Waals surface area contributed by atoms with Gasteiger partial charge in [0.05, 0.1) is 26.4 Å². The molecule has 0 spiro atoms. The standard InChI is InChI=1S/C39H39N3O8/c1-25-21-30-28-9-4-2-7-26(28)23-34(36(30)43)49-19-17-47-15-13-40-38(45)32-11-6-12-33(42-32)39(46)41-14-16-48-18-20-50-35-24-27-8-3-5-10-29(27)31(22-25)37(35)44/h2-12,23-24,43-44H,1,13-22H2,(H,40,45)(H,41,46). The Morgan fingerprint density at radius 1 is 0.600 bits per heavy atom. The van der Waals surface area contributed by atoms with E-state index in [2.05, 4.69) is 22.2 Å². The predicted octanol–water partition coefficient (Wildman–Crippen LogP) is 5.10. The zero-order chi connectivity index (χ0) is 34.9. The van der Waals surface area contributed by atoms with Crippen molar-refractivity contribution >= 4 is 33.4 Å². The number of pyridine rings is 1. The van der Waals surface area contributed by atoms with Crippen molar-refractivity contribution in [3.05, 3.63) is 114 Å². The Hall–Kier alpha value is -5.65. The highest BCUT2D eigenvalue weighted by Crippen LogP contribution is 2.41. The fourth-order valence-corrected chi connectivity index (χ4v) is 5.88. The molecule has 0 unspecified atom stereocenters. The highest BCUT2D eigenvalue weighted by molar-refractivity contribution is 5.96. The van der Waals surface area contributed by atoms with Gasteiger partial charge in [-0.1, -0.05) is 66.7 Å². The number of benzene rings is 4. The van der Waals surface area contributed by atoms with E-state index < -0.39 is 11.8 Å². The topological polar surface area (TPSA) is 148 Å². The molecule has 6 bridgehead atoms. The summed E-state index contributed by atoms with van der Waals surface area (Å²) in [5, 5.41) is 31.8. The van der Waals surface area contributed by atoms with E-state index in [1.807, 2.05) is 48.5 Å². The van der Waals surface area contributed by atoms with Gasteiger partial charge in [0.15, 0.2) is 23.0 Å². The summed E-state index contributed by atoms with van der Waals surface area (Å²) in [7, 11) is 0. The lowest BCUT2D eigenvalue weighted by Crippen LogP contribution is -2.31. The first-order chi connectivity index (χ1) is 24.4. The third kappa shape index (κ3) is 8.13. The molecule has 0 aliphatic carbocycles. The van der Waals surface area contributed by atoms with Crippen LogP contribution in [0.2, 0.25) is 0 Å². The molecular formula is C39H39N3O8. The van der Waals surface area contributed by atoms with Crippen LogP contribution in [0.15, 0.2) is 91.0 Å². The third-order valence-corrected chi connectivity index (χ3v) is 8.29. The van der Waals surface area contributed by atoms with Crippen LogP contribution < -0.4 is 20.1 Å². The summed E-state index contributed by atoms with van der Waals surface area (Å²) in [6.45, 7) is 5.98. The molecule has 6 rings (SSSR count). The van der Waals surface area contributed by atoms with Gasteiger partial charge in [-0.2, -0.15) is 0 Å². The highest BCUT2D eigenvalue weighted by atomic mass is 16.5. The number of nitrogens with zero attached hydrogens (tertiary/aromatic N) is 1. The zero-order valence-electron chi connectivity index (χ0n) is 27.6. The molecule has 1 aromatic heterocycles. The van der Waals surface area contributed by atoms with Gasteiger partial charge < -0.3 is 39.8 Å². The number of hydrogen-bond donors (Lipinski definition) is 4. The number of allylic oxidation sites excluding steroid dienone is 1. The minimum absolute atomic E-state index is 0.0137. The molecule has 4 aromatic carbocycles. The SMILES string of the molecule is C=C1Cc2c(O)c(cc3ccccc23)OCCOCCNC(=O)c2cccc(n2)C(=O)NCCOCCOc2cc3ccccc3c(c2O)C1. The largest absolute Gasteiger partial charge is 0.504 e. The van der Waals surface area contributed by atoms with Crippen molar-refractivity contribution < 1.29 is 38.7 Å². The number of phenolic OH excluding ortho intramolecular Hbond substituents is 2. The van der Waals surface area contributed by atoms with E-state index >= 15 is 0 Å². The first-order valence-electron chi connectivity index (χ1n) is 16.5. The van der Waals surface area contributed by atoms with Gasteiger partial charge >= 0.3 is 0 Å². The lowest BCUT2D eigenvalue weighted by atomic mass is 9.92. The van der Waals surface area contributed by atoms with Crippen LogP contribution in [-0.4, -0.2) is 79.7 Å². The summed E-state index contributed by atoms with van der Waals surface area (Å²) in [6.07, 6.45) is 0.668. The Morgan fingerprint density at radius 2 is 1.06 bits per heavy atom. The number of fused-ring (bicyclic) bond motifs is 10. The molecule has 0 radical (unpaired) electrons. The molecule has 258 valence electrons. The zero-order valence-corrected chi connectivity index (χ0v) is 27.6. The smallest absolute Gasteiger partial charge is 0.269 e. The van der Waals surface area contributed by atoms with Crippen molar-refractivity contribution in [3.63, 3.8) is 0 Å². The summed E-state index contributed by atoms with van der Waals surface area (Å²) in [4.78, 5) is 29.5. The number of aromatic hydroxyl groups is 2. The molecule has 0 fully saturated rings. The monoisotopic (exact) mass is 677 g/mol. The van der Waals surface area contributed by atoms with E-state index in [0.717, 1.165) is 27.1 Å². The molecule has 1 aliphatic rings. The van der Waals surface area contributed by atoms with Crippen LogP contribution in [0.4, 0.5) is 0 Å².